The first-order chi connectivity index (χ1) is 10.7. The van der Waals surface area contributed by atoms with Crippen LogP contribution in [0.25, 0.3) is 11.0 Å². The van der Waals surface area contributed by atoms with Crippen LogP contribution in [0.15, 0.2) is 18.3 Å². The van der Waals surface area contributed by atoms with Crippen molar-refractivity contribution in [1.29, 1.82) is 0 Å². The van der Waals surface area contributed by atoms with Crippen molar-refractivity contribution in [2.24, 2.45) is 5.73 Å². The van der Waals surface area contributed by atoms with Crippen LogP contribution in [-0.2, 0) is 6.42 Å². The van der Waals surface area contributed by atoms with Crippen LogP contribution in [-0.4, -0.2) is 47.7 Å². The van der Waals surface area contributed by atoms with E-state index in [1.54, 1.807) is 13.3 Å². The zero-order valence-corrected chi connectivity index (χ0v) is 13.5. The number of hydrogen-bond donors (Lipinski definition) is 1. The molecule has 1 aliphatic rings. The molecule has 0 radical (unpaired) electrons. The van der Waals surface area contributed by atoms with Crippen molar-refractivity contribution in [1.82, 2.24) is 14.9 Å². The van der Waals surface area contributed by atoms with Gasteiger partial charge in [-0.1, -0.05) is 11.6 Å². The monoisotopic (exact) mass is 320 g/mol. The van der Waals surface area contributed by atoms with Gasteiger partial charge in [-0.05, 0) is 38.4 Å². The topological polar surface area (TPSA) is 64.3 Å². The molecule has 0 spiro atoms. The van der Waals surface area contributed by atoms with E-state index in [4.69, 9.17) is 22.1 Å². The summed E-state index contributed by atoms with van der Waals surface area (Å²) in [5.41, 5.74) is 8.68. The number of likely N-dealkylation sites (tertiary alicyclic amines) is 1. The van der Waals surface area contributed by atoms with Crippen LogP contribution < -0.4 is 10.5 Å². The second-order valence-electron chi connectivity index (χ2n) is 5.74. The summed E-state index contributed by atoms with van der Waals surface area (Å²) in [5.74, 6) is 0.585. The molecule has 0 unspecified atom stereocenters. The van der Waals surface area contributed by atoms with Crippen LogP contribution in [0.5, 0.6) is 5.88 Å². The van der Waals surface area contributed by atoms with E-state index < -0.39 is 0 Å². The number of piperidine rings is 1. The molecule has 3 rings (SSSR count). The lowest BCUT2D eigenvalue weighted by Gasteiger charge is -2.30. The van der Waals surface area contributed by atoms with Crippen molar-refractivity contribution in [3.8, 4) is 5.88 Å². The van der Waals surface area contributed by atoms with Crippen LogP contribution in [0.3, 0.4) is 0 Å². The molecule has 1 fully saturated rings. The number of methoxy groups -OCH3 is 1. The van der Waals surface area contributed by atoms with E-state index in [0.29, 0.717) is 16.9 Å². The van der Waals surface area contributed by atoms with Gasteiger partial charge >= 0.3 is 0 Å². The first-order valence-electron chi connectivity index (χ1n) is 7.63. The molecule has 0 atom stereocenters. The van der Waals surface area contributed by atoms with Gasteiger partial charge in [-0.15, -0.1) is 0 Å². The zero-order chi connectivity index (χ0) is 15.5. The Morgan fingerprint density at radius 2 is 2.14 bits per heavy atom. The van der Waals surface area contributed by atoms with Gasteiger partial charge in [0.15, 0.2) is 0 Å². The highest BCUT2D eigenvalue weighted by Crippen LogP contribution is 2.25. The Morgan fingerprint density at radius 3 is 2.86 bits per heavy atom. The lowest BCUT2D eigenvalue weighted by atomic mass is 10.0. The van der Waals surface area contributed by atoms with Gasteiger partial charge in [0.1, 0.15) is 0 Å². The number of rotatable bonds is 4. The van der Waals surface area contributed by atoms with Crippen molar-refractivity contribution in [3.63, 3.8) is 0 Å². The molecule has 0 amide bonds. The zero-order valence-electron chi connectivity index (χ0n) is 12.8. The predicted octanol–water partition coefficient (Wildman–Crippen LogP) is 2.26. The molecule has 1 saturated heterocycles. The lowest BCUT2D eigenvalue weighted by Crippen LogP contribution is -2.40. The fourth-order valence-corrected chi connectivity index (χ4v) is 3.11. The van der Waals surface area contributed by atoms with Gasteiger partial charge in [-0.25, -0.2) is 4.98 Å². The number of fused-ring (bicyclic) bond motifs is 1. The standard InChI is InChI=1S/C16H21ClN4O/c1-22-15-3-2-14-16(20-15)12(13(17)10-19-14)6-9-21-7-4-11(18)5-8-21/h2-3,10-11H,4-9,18H2,1H3. The minimum atomic E-state index is 0.354. The summed E-state index contributed by atoms with van der Waals surface area (Å²) in [7, 11) is 1.61. The van der Waals surface area contributed by atoms with Crippen molar-refractivity contribution >= 4 is 22.6 Å². The summed E-state index contributed by atoms with van der Waals surface area (Å²) in [5, 5.41) is 0.668. The molecule has 118 valence electrons. The SMILES string of the molecule is COc1ccc2ncc(Cl)c(CCN3CCC(N)CC3)c2n1. The van der Waals surface area contributed by atoms with Gasteiger partial charge in [-0.3, -0.25) is 4.98 Å². The maximum Gasteiger partial charge on any atom is 0.213 e. The molecule has 1 aliphatic heterocycles. The number of pyridine rings is 2. The highest BCUT2D eigenvalue weighted by molar-refractivity contribution is 6.32. The molecule has 6 heteroatoms. The first-order valence-corrected chi connectivity index (χ1v) is 8.01. The third-order valence-electron chi connectivity index (χ3n) is 4.26. The fourth-order valence-electron chi connectivity index (χ4n) is 2.88. The fraction of sp³-hybridized carbons (Fsp3) is 0.500. The summed E-state index contributed by atoms with van der Waals surface area (Å²) >= 11 is 6.36. The van der Waals surface area contributed by atoms with E-state index in [2.05, 4.69) is 14.9 Å². The predicted molar refractivity (Wildman–Crippen MR) is 88.5 cm³/mol. The smallest absolute Gasteiger partial charge is 0.213 e. The number of nitrogens with zero attached hydrogens (tertiary/aromatic N) is 3. The molecule has 2 aromatic heterocycles. The van der Waals surface area contributed by atoms with Gasteiger partial charge in [0.25, 0.3) is 0 Å². The number of hydrogen-bond acceptors (Lipinski definition) is 5. The quantitative estimate of drug-likeness (QED) is 0.936. The number of aromatic nitrogens is 2. The van der Waals surface area contributed by atoms with Crippen LogP contribution >= 0.6 is 11.6 Å². The van der Waals surface area contributed by atoms with Crippen LogP contribution in [0, 0.1) is 0 Å². The Labute approximate surface area is 135 Å². The average molecular weight is 321 g/mol. The van der Waals surface area contributed by atoms with Gasteiger partial charge < -0.3 is 15.4 Å². The van der Waals surface area contributed by atoms with Gasteiger partial charge in [0, 0.05) is 30.4 Å². The Bertz CT molecular complexity index is 656. The molecule has 5 nitrogen and oxygen atoms in total. The number of ether oxygens (including phenoxy) is 1. The highest BCUT2D eigenvalue weighted by atomic mass is 35.5. The van der Waals surface area contributed by atoms with Gasteiger partial charge in [-0.2, -0.15) is 0 Å². The molecule has 0 saturated carbocycles. The van der Waals surface area contributed by atoms with E-state index in [1.807, 2.05) is 12.1 Å². The van der Waals surface area contributed by atoms with E-state index in [9.17, 15) is 0 Å². The first kappa shape index (κ1) is 15.5. The summed E-state index contributed by atoms with van der Waals surface area (Å²) in [6, 6.07) is 4.09. The van der Waals surface area contributed by atoms with Crippen LogP contribution in [0.2, 0.25) is 5.02 Å². The second-order valence-corrected chi connectivity index (χ2v) is 6.14. The molecular weight excluding hydrogens is 300 g/mol. The largest absolute Gasteiger partial charge is 0.481 e. The number of nitrogens with two attached hydrogens (primary N) is 1. The molecule has 2 N–H and O–H groups in total. The van der Waals surface area contributed by atoms with Crippen LogP contribution in [0.1, 0.15) is 18.4 Å². The van der Waals surface area contributed by atoms with Crippen molar-refractivity contribution in [2.45, 2.75) is 25.3 Å². The molecular formula is C16H21ClN4O. The van der Waals surface area contributed by atoms with Crippen molar-refractivity contribution in [2.75, 3.05) is 26.7 Å². The Hall–Kier alpha value is -1.43. The van der Waals surface area contributed by atoms with E-state index in [1.165, 1.54) is 0 Å². The minimum Gasteiger partial charge on any atom is -0.481 e. The minimum absolute atomic E-state index is 0.354. The third kappa shape index (κ3) is 3.32. The van der Waals surface area contributed by atoms with Crippen molar-refractivity contribution in [3.05, 3.63) is 28.9 Å². The summed E-state index contributed by atoms with van der Waals surface area (Å²) in [4.78, 5) is 11.3. The summed E-state index contributed by atoms with van der Waals surface area (Å²) < 4.78 is 5.22. The molecule has 0 aliphatic carbocycles. The normalized spacial score (nSPS) is 17.0. The molecule has 3 heterocycles. The van der Waals surface area contributed by atoms with Crippen LogP contribution in [0.4, 0.5) is 0 Å². The molecule has 0 bridgehead atoms. The molecule has 22 heavy (non-hydrogen) atoms. The highest BCUT2D eigenvalue weighted by Gasteiger charge is 2.17. The maximum atomic E-state index is 6.36. The Morgan fingerprint density at radius 1 is 1.36 bits per heavy atom. The summed E-state index contributed by atoms with van der Waals surface area (Å²) in [6.07, 6.45) is 4.69. The van der Waals surface area contributed by atoms with E-state index >= 15 is 0 Å². The second kappa shape index (κ2) is 6.77. The van der Waals surface area contributed by atoms with Gasteiger partial charge in [0.2, 0.25) is 5.88 Å². The Kier molecular flexibility index (Phi) is 4.76. The summed E-state index contributed by atoms with van der Waals surface area (Å²) in [6.45, 7) is 3.07. The van der Waals surface area contributed by atoms with E-state index in [-0.39, 0.29) is 0 Å². The lowest BCUT2D eigenvalue weighted by molar-refractivity contribution is 0.216. The number of halogens is 1. The third-order valence-corrected chi connectivity index (χ3v) is 4.58. The van der Waals surface area contributed by atoms with E-state index in [0.717, 1.165) is 55.5 Å². The van der Waals surface area contributed by atoms with Gasteiger partial charge in [0.05, 0.1) is 23.2 Å². The molecule has 2 aromatic rings. The molecule has 0 aromatic carbocycles. The average Bonchev–Trinajstić information content (AvgIpc) is 2.55. The van der Waals surface area contributed by atoms with Crippen molar-refractivity contribution < 1.29 is 4.74 Å². The Balaban J connectivity index is 1.81. The maximum absolute atomic E-state index is 6.36.